The van der Waals surface area contributed by atoms with E-state index >= 15 is 0 Å². The van der Waals surface area contributed by atoms with Gasteiger partial charge in [-0.25, -0.2) is 0 Å². The van der Waals surface area contributed by atoms with Crippen LogP contribution in [0.5, 0.6) is 11.5 Å². The molecule has 1 aromatic heterocycles. The highest BCUT2D eigenvalue weighted by Gasteiger charge is 2.22. The van der Waals surface area contributed by atoms with E-state index in [9.17, 15) is 17.8 Å². The van der Waals surface area contributed by atoms with Crippen molar-refractivity contribution in [3.05, 3.63) is 102 Å². The number of ether oxygens (including phenoxy) is 1. The molecule has 0 saturated heterocycles. The van der Waals surface area contributed by atoms with Gasteiger partial charge >= 0.3 is 10.4 Å². The molecule has 1 unspecified atom stereocenters. The molecule has 0 aliphatic rings. The van der Waals surface area contributed by atoms with Crippen molar-refractivity contribution in [3.8, 4) is 11.5 Å². The summed E-state index contributed by atoms with van der Waals surface area (Å²) in [5, 5.41) is 3.58. The van der Waals surface area contributed by atoms with Crippen molar-refractivity contribution in [2.75, 3.05) is 6.61 Å². The Bertz CT molecular complexity index is 1380. The molecule has 2 N–H and O–H groups in total. The predicted molar refractivity (Wildman–Crippen MR) is 127 cm³/mol. The SMILES string of the molecule is O=C(COc1ccccc1)NC(Cc1ccc2cccnc2c1OS(=O)(=O)O)c1ccccc1. The Balaban J connectivity index is 1.63. The maximum Gasteiger partial charge on any atom is 0.446 e. The number of nitrogens with zero attached hydrogens (tertiary/aromatic N) is 1. The lowest BCUT2D eigenvalue weighted by atomic mass is 9.97. The number of fused-ring (bicyclic) bond motifs is 1. The molecule has 0 saturated carbocycles. The van der Waals surface area contributed by atoms with Gasteiger partial charge in [0.05, 0.1) is 6.04 Å². The minimum Gasteiger partial charge on any atom is -0.484 e. The number of rotatable bonds is 9. The highest BCUT2D eigenvalue weighted by Crippen LogP contribution is 2.32. The molecule has 0 radical (unpaired) electrons. The molecule has 9 heteroatoms. The molecule has 0 spiro atoms. The molecule has 4 aromatic rings. The topological polar surface area (TPSA) is 115 Å². The van der Waals surface area contributed by atoms with Crippen molar-refractivity contribution in [1.29, 1.82) is 0 Å². The highest BCUT2D eigenvalue weighted by molar-refractivity contribution is 7.81. The molecule has 4 rings (SSSR count). The Hall–Kier alpha value is -3.95. The smallest absolute Gasteiger partial charge is 0.446 e. The van der Waals surface area contributed by atoms with Crippen molar-refractivity contribution in [1.82, 2.24) is 10.3 Å². The number of carbonyl (C=O) groups excluding carboxylic acids is 1. The van der Waals surface area contributed by atoms with Gasteiger partial charge in [-0.3, -0.25) is 14.3 Å². The van der Waals surface area contributed by atoms with Gasteiger partial charge in [0.1, 0.15) is 11.3 Å². The van der Waals surface area contributed by atoms with E-state index in [4.69, 9.17) is 8.92 Å². The van der Waals surface area contributed by atoms with Crippen molar-refractivity contribution in [2.24, 2.45) is 0 Å². The summed E-state index contributed by atoms with van der Waals surface area (Å²) < 4.78 is 43.0. The summed E-state index contributed by atoms with van der Waals surface area (Å²) in [6.07, 6.45) is 1.68. The molecular weight excluding hydrogens is 456 g/mol. The molecular formula is C25H22N2O6S. The minimum atomic E-state index is -4.80. The third-order valence-electron chi connectivity index (χ3n) is 5.07. The quantitative estimate of drug-likeness (QED) is 0.351. The minimum absolute atomic E-state index is 0.0867. The molecule has 34 heavy (non-hydrogen) atoms. The molecule has 0 aliphatic heterocycles. The van der Waals surface area contributed by atoms with Crippen LogP contribution in [0.25, 0.3) is 10.9 Å². The summed E-state index contributed by atoms with van der Waals surface area (Å²) in [6, 6.07) is 24.6. The molecule has 174 valence electrons. The third-order valence-corrected chi connectivity index (χ3v) is 5.45. The van der Waals surface area contributed by atoms with Crippen LogP contribution in [0.4, 0.5) is 0 Å². The summed E-state index contributed by atoms with van der Waals surface area (Å²) in [7, 11) is -4.80. The zero-order valence-electron chi connectivity index (χ0n) is 18.0. The fourth-order valence-corrected chi connectivity index (χ4v) is 3.97. The van der Waals surface area contributed by atoms with E-state index in [1.54, 1.807) is 36.4 Å². The van der Waals surface area contributed by atoms with E-state index in [2.05, 4.69) is 10.3 Å². The molecule has 1 heterocycles. The summed E-state index contributed by atoms with van der Waals surface area (Å²) in [6.45, 7) is -0.193. The predicted octanol–water partition coefficient (Wildman–Crippen LogP) is 3.90. The van der Waals surface area contributed by atoms with Gasteiger partial charge < -0.3 is 14.2 Å². The second-order valence-corrected chi connectivity index (χ2v) is 8.50. The van der Waals surface area contributed by atoms with Crippen LogP contribution in [-0.2, 0) is 21.6 Å². The number of aromatic nitrogens is 1. The fourth-order valence-electron chi connectivity index (χ4n) is 3.58. The van der Waals surface area contributed by atoms with E-state index in [1.807, 2.05) is 48.5 Å². The molecule has 8 nitrogen and oxygen atoms in total. The largest absolute Gasteiger partial charge is 0.484 e. The lowest BCUT2D eigenvalue weighted by molar-refractivity contribution is -0.123. The first kappa shape index (κ1) is 23.2. The first-order chi connectivity index (χ1) is 16.4. The Labute approximate surface area is 197 Å². The number of hydrogen-bond acceptors (Lipinski definition) is 6. The van der Waals surface area contributed by atoms with Crippen LogP contribution < -0.4 is 14.2 Å². The molecule has 3 aromatic carbocycles. The Morgan fingerprint density at radius 2 is 1.65 bits per heavy atom. The van der Waals surface area contributed by atoms with Crippen LogP contribution in [0, 0.1) is 0 Å². The third kappa shape index (κ3) is 6.09. The maximum absolute atomic E-state index is 12.7. The van der Waals surface area contributed by atoms with Crippen LogP contribution >= 0.6 is 0 Å². The van der Waals surface area contributed by atoms with Gasteiger partial charge in [0.15, 0.2) is 12.4 Å². The van der Waals surface area contributed by atoms with Gasteiger partial charge in [-0.15, -0.1) is 0 Å². The number of pyridine rings is 1. The monoisotopic (exact) mass is 478 g/mol. The first-order valence-corrected chi connectivity index (χ1v) is 11.8. The molecule has 0 bridgehead atoms. The molecule has 1 atom stereocenters. The van der Waals surface area contributed by atoms with Crippen molar-refractivity contribution in [2.45, 2.75) is 12.5 Å². The van der Waals surface area contributed by atoms with E-state index < -0.39 is 16.4 Å². The van der Waals surface area contributed by atoms with E-state index in [0.717, 1.165) is 5.56 Å². The Kier molecular flexibility index (Phi) is 7.05. The standard InChI is InChI=1S/C25H22N2O6S/c28-23(17-32-21-11-5-2-6-12-21)27-22(18-8-3-1-4-9-18)16-20-14-13-19-10-7-15-26-24(19)25(20)33-34(29,30)31/h1-15,22H,16-17H2,(H,27,28)(H,29,30,31). The summed E-state index contributed by atoms with van der Waals surface area (Å²) >= 11 is 0. The summed E-state index contributed by atoms with van der Waals surface area (Å²) in [5.74, 6) is 0.128. The summed E-state index contributed by atoms with van der Waals surface area (Å²) in [5.41, 5.74) is 1.53. The van der Waals surface area contributed by atoms with Crippen LogP contribution in [0.2, 0.25) is 0 Å². The summed E-state index contributed by atoms with van der Waals surface area (Å²) in [4.78, 5) is 16.9. The first-order valence-electron chi connectivity index (χ1n) is 10.4. The average Bonchev–Trinajstić information content (AvgIpc) is 2.84. The van der Waals surface area contributed by atoms with Gasteiger partial charge in [-0.1, -0.05) is 66.7 Å². The van der Waals surface area contributed by atoms with Crippen molar-refractivity contribution in [3.63, 3.8) is 0 Å². The van der Waals surface area contributed by atoms with Gasteiger partial charge in [-0.05, 0) is 23.8 Å². The number of benzene rings is 3. The van der Waals surface area contributed by atoms with E-state index in [0.29, 0.717) is 16.7 Å². The van der Waals surface area contributed by atoms with E-state index in [1.165, 1.54) is 6.20 Å². The van der Waals surface area contributed by atoms with Crippen LogP contribution in [0.1, 0.15) is 17.2 Å². The second-order valence-electron chi connectivity index (χ2n) is 7.48. The Morgan fingerprint density at radius 1 is 0.941 bits per heavy atom. The van der Waals surface area contributed by atoms with Crippen LogP contribution in [0.15, 0.2) is 91.1 Å². The van der Waals surface area contributed by atoms with Gasteiger partial charge in [0.25, 0.3) is 5.91 Å². The number of hydrogen-bond donors (Lipinski definition) is 2. The molecule has 0 fully saturated rings. The van der Waals surface area contributed by atoms with Crippen molar-refractivity contribution >= 4 is 27.2 Å². The number of carbonyl (C=O) groups is 1. The second kappa shape index (κ2) is 10.3. The Morgan fingerprint density at radius 3 is 2.35 bits per heavy atom. The van der Waals surface area contributed by atoms with Gasteiger partial charge in [-0.2, -0.15) is 8.42 Å². The zero-order chi connectivity index (χ0) is 24.0. The molecule has 0 aliphatic carbocycles. The van der Waals surface area contributed by atoms with Gasteiger partial charge in [0.2, 0.25) is 0 Å². The fraction of sp³-hybridized carbons (Fsp3) is 0.120. The zero-order valence-corrected chi connectivity index (χ0v) is 18.8. The number of amides is 1. The van der Waals surface area contributed by atoms with E-state index in [-0.39, 0.29) is 30.2 Å². The van der Waals surface area contributed by atoms with Crippen LogP contribution in [0.3, 0.4) is 0 Å². The highest BCUT2D eigenvalue weighted by atomic mass is 32.3. The normalized spacial score (nSPS) is 12.1. The average molecular weight is 479 g/mol. The van der Waals surface area contributed by atoms with Gasteiger partial charge in [0, 0.05) is 23.6 Å². The maximum atomic E-state index is 12.7. The lowest BCUT2D eigenvalue weighted by Gasteiger charge is -2.21. The number of para-hydroxylation sites is 1. The molecule has 1 amide bonds. The van der Waals surface area contributed by atoms with Crippen molar-refractivity contribution < 1.29 is 26.7 Å². The number of nitrogens with one attached hydrogen (secondary N) is 1. The lowest BCUT2D eigenvalue weighted by Crippen LogP contribution is -2.34. The van der Waals surface area contributed by atoms with Crippen LogP contribution in [-0.4, -0.2) is 30.5 Å².